The molecule has 104 valence electrons. The average molecular weight is 253 g/mol. The molecule has 0 bridgehead atoms. The Morgan fingerprint density at radius 2 is 1.89 bits per heavy atom. The van der Waals surface area contributed by atoms with Gasteiger partial charge in [0.1, 0.15) is 0 Å². The minimum absolute atomic E-state index is 0.299. The standard InChI is InChI=1S/C15H27NO2/c1-2-3-10-16(15(17)18)14-9-8-12-6-4-5-7-13(12)11-14/h12-14H,2-11H2,1H3,(H,17,18). The summed E-state index contributed by atoms with van der Waals surface area (Å²) in [5.41, 5.74) is 0. The van der Waals surface area contributed by atoms with E-state index in [9.17, 15) is 9.90 Å². The Morgan fingerprint density at radius 1 is 1.17 bits per heavy atom. The van der Waals surface area contributed by atoms with Crippen LogP contribution in [0.3, 0.4) is 0 Å². The van der Waals surface area contributed by atoms with E-state index in [1.807, 2.05) is 0 Å². The number of carboxylic acid groups (broad SMARTS) is 1. The molecular formula is C15H27NO2. The van der Waals surface area contributed by atoms with E-state index in [2.05, 4.69) is 6.92 Å². The Bertz CT molecular complexity index is 280. The van der Waals surface area contributed by atoms with E-state index >= 15 is 0 Å². The molecule has 18 heavy (non-hydrogen) atoms. The highest BCUT2D eigenvalue weighted by atomic mass is 16.4. The maximum Gasteiger partial charge on any atom is 0.407 e. The second kappa shape index (κ2) is 6.44. The van der Waals surface area contributed by atoms with Crippen molar-refractivity contribution in [2.24, 2.45) is 11.8 Å². The van der Waals surface area contributed by atoms with Gasteiger partial charge in [-0.05, 0) is 37.5 Å². The fourth-order valence-corrected chi connectivity index (χ4v) is 3.89. The first kappa shape index (κ1) is 13.7. The zero-order valence-electron chi connectivity index (χ0n) is 11.6. The van der Waals surface area contributed by atoms with Crippen molar-refractivity contribution in [1.29, 1.82) is 0 Å². The average Bonchev–Trinajstić information content (AvgIpc) is 2.38. The predicted molar refractivity (Wildman–Crippen MR) is 72.7 cm³/mol. The highest BCUT2D eigenvalue weighted by molar-refractivity contribution is 5.65. The van der Waals surface area contributed by atoms with Crippen LogP contribution in [0.5, 0.6) is 0 Å². The van der Waals surface area contributed by atoms with Crippen LogP contribution in [0.1, 0.15) is 64.7 Å². The number of nitrogens with zero attached hydrogens (tertiary/aromatic N) is 1. The number of unbranched alkanes of at least 4 members (excludes halogenated alkanes) is 1. The molecule has 3 atom stereocenters. The van der Waals surface area contributed by atoms with Crippen molar-refractivity contribution < 1.29 is 9.90 Å². The van der Waals surface area contributed by atoms with E-state index < -0.39 is 6.09 Å². The Balaban J connectivity index is 1.92. The molecule has 0 heterocycles. The Labute approximate surface area is 111 Å². The number of hydrogen-bond acceptors (Lipinski definition) is 1. The van der Waals surface area contributed by atoms with Crippen molar-refractivity contribution in [2.45, 2.75) is 70.8 Å². The molecule has 2 aliphatic carbocycles. The first-order valence-electron chi connectivity index (χ1n) is 7.72. The lowest BCUT2D eigenvalue weighted by atomic mass is 9.69. The second-order valence-electron chi connectivity index (χ2n) is 6.10. The lowest BCUT2D eigenvalue weighted by molar-refractivity contribution is 0.0677. The molecule has 0 aromatic carbocycles. The summed E-state index contributed by atoms with van der Waals surface area (Å²) in [6.45, 7) is 2.85. The van der Waals surface area contributed by atoms with Crippen LogP contribution in [0, 0.1) is 11.8 Å². The molecule has 0 spiro atoms. The smallest absolute Gasteiger partial charge is 0.407 e. The number of hydrogen-bond donors (Lipinski definition) is 1. The van der Waals surface area contributed by atoms with E-state index in [0.717, 1.165) is 44.1 Å². The molecule has 2 saturated carbocycles. The van der Waals surface area contributed by atoms with E-state index in [1.165, 1.54) is 32.1 Å². The minimum atomic E-state index is -0.706. The van der Waals surface area contributed by atoms with Crippen molar-refractivity contribution in [3.63, 3.8) is 0 Å². The highest BCUT2D eigenvalue weighted by Gasteiger charge is 2.35. The first-order valence-corrected chi connectivity index (χ1v) is 7.72. The van der Waals surface area contributed by atoms with Gasteiger partial charge >= 0.3 is 6.09 Å². The molecule has 0 saturated heterocycles. The number of amides is 1. The summed E-state index contributed by atoms with van der Waals surface area (Å²) in [5, 5.41) is 9.37. The van der Waals surface area contributed by atoms with Crippen LogP contribution in [0.2, 0.25) is 0 Å². The van der Waals surface area contributed by atoms with Gasteiger partial charge in [-0.2, -0.15) is 0 Å². The normalized spacial score (nSPS) is 31.7. The predicted octanol–water partition coefficient (Wildman–Crippen LogP) is 4.13. The third-order valence-electron chi connectivity index (χ3n) is 4.95. The van der Waals surface area contributed by atoms with Gasteiger partial charge < -0.3 is 10.0 Å². The molecular weight excluding hydrogens is 226 g/mol. The second-order valence-corrected chi connectivity index (χ2v) is 6.10. The van der Waals surface area contributed by atoms with Crippen molar-refractivity contribution in [3.8, 4) is 0 Å². The maximum absolute atomic E-state index is 11.4. The van der Waals surface area contributed by atoms with Crippen LogP contribution < -0.4 is 0 Å². The van der Waals surface area contributed by atoms with Gasteiger partial charge in [-0.1, -0.05) is 39.0 Å². The third kappa shape index (κ3) is 3.18. The molecule has 0 aliphatic heterocycles. The van der Waals surface area contributed by atoms with Crippen LogP contribution in [0.25, 0.3) is 0 Å². The van der Waals surface area contributed by atoms with Crippen molar-refractivity contribution >= 4 is 6.09 Å². The molecule has 3 heteroatoms. The van der Waals surface area contributed by atoms with E-state index in [4.69, 9.17) is 0 Å². The minimum Gasteiger partial charge on any atom is -0.465 e. The molecule has 1 amide bonds. The Morgan fingerprint density at radius 3 is 2.56 bits per heavy atom. The van der Waals surface area contributed by atoms with Gasteiger partial charge in [-0.15, -0.1) is 0 Å². The van der Waals surface area contributed by atoms with Gasteiger partial charge in [0, 0.05) is 12.6 Å². The van der Waals surface area contributed by atoms with Crippen LogP contribution >= 0.6 is 0 Å². The summed E-state index contributed by atoms with van der Waals surface area (Å²) < 4.78 is 0. The molecule has 1 N–H and O–H groups in total. The van der Waals surface area contributed by atoms with Crippen LogP contribution in [0.4, 0.5) is 4.79 Å². The molecule has 2 fully saturated rings. The van der Waals surface area contributed by atoms with Gasteiger partial charge in [0.25, 0.3) is 0 Å². The fourth-order valence-electron chi connectivity index (χ4n) is 3.89. The zero-order valence-corrected chi connectivity index (χ0v) is 11.6. The van der Waals surface area contributed by atoms with E-state index in [-0.39, 0.29) is 0 Å². The Kier molecular flexibility index (Phi) is 4.90. The van der Waals surface area contributed by atoms with Gasteiger partial charge in [-0.25, -0.2) is 4.79 Å². The van der Waals surface area contributed by atoms with Gasteiger partial charge in [0.2, 0.25) is 0 Å². The molecule has 2 rings (SSSR count). The molecule has 3 nitrogen and oxygen atoms in total. The maximum atomic E-state index is 11.4. The van der Waals surface area contributed by atoms with Crippen LogP contribution in [-0.2, 0) is 0 Å². The van der Waals surface area contributed by atoms with Gasteiger partial charge in [0.05, 0.1) is 0 Å². The van der Waals surface area contributed by atoms with Crippen molar-refractivity contribution in [2.75, 3.05) is 6.54 Å². The number of fused-ring (bicyclic) bond motifs is 1. The molecule has 3 unspecified atom stereocenters. The molecule has 2 aliphatic rings. The summed E-state index contributed by atoms with van der Waals surface area (Å²) in [6.07, 6.45) is 10.3. The summed E-state index contributed by atoms with van der Waals surface area (Å²) in [4.78, 5) is 13.1. The summed E-state index contributed by atoms with van der Waals surface area (Å²) in [5.74, 6) is 1.71. The van der Waals surface area contributed by atoms with Gasteiger partial charge in [0.15, 0.2) is 0 Å². The summed E-state index contributed by atoms with van der Waals surface area (Å²) in [6, 6.07) is 0.299. The highest BCUT2D eigenvalue weighted by Crippen LogP contribution is 2.41. The summed E-state index contributed by atoms with van der Waals surface area (Å²) in [7, 11) is 0. The lowest BCUT2D eigenvalue weighted by Crippen LogP contribution is -2.45. The van der Waals surface area contributed by atoms with E-state index in [0.29, 0.717) is 6.04 Å². The largest absolute Gasteiger partial charge is 0.465 e. The number of rotatable bonds is 4. The first-order chi connectivity index (χ1) is 8.72. The van der Waals surface area contributed by atoms with Crippen molar-refractivity contribution in [3.05, 3.63) is 0 Å². The third-order valence-corrected chi connectivity index (χ3v) is 4.95. The summed E-state index contributed by atoms with van der Waals surface area (Å²) >= 11 is 0. The quantitative estimate of drug-likeness (QED) is 0.818. The fraction of sp³-hybridized carbons (Fsp3) is 0.933. The van der Waals surface area contributed by atoms with Crippen LogP contribution in [0.15, 0.2) is 0 Å². The zero-order chi connectivity index (χ0) is 13.0. The lowest BCUT2D eigenvalue weighted by Gasteiger charge is -2.42. The SMILES string of the molecule is CCCCN(C(=O)O)C1CCC2CCCCC2C1. The molecule has 0 aromatic rings. The number of carbonyl (C=O) groups is 1. The van der Waals surface area contributed by atoms with Gasteiger partial charge in [-0.3, -0.25) is 0 Å². The Hall–Kier alpha value is -0.730. The molecule has 0 aromatic heterocycles. The van der Waals surface area contributed by atoms with E-state index in [1.54, 1.807) is 4.90 Å². The topological polar surface area (TPSA) is 40.5 Å². The molecule has 0 radical (unpaired) electrons. The monoisotopic (exact) mass is 253 g/mol. The van der Waals surface area contributed by atoms with Crippen LogP contribution in [-0.4, -0.2) is 28.7 Å². The van der Waals surface area contributed by atoms with Crippen molar-refractivity contribution in [1.82, 2.24) is 4.90 Å².